The van der Waals surface area contributed by atoms with Crippen LogP contribution in [0.2, 0.25) is 0 Å². The zero-order valence-corrected chi connectivity index (χ0v) is 8.11. The summed E-state index contributed by atoms with van der Waals surface area (Å²) in [6, 6.07) is 4.06. The Bertz CT molecular complexity index is 219. The van der Waals surface area contributed by atoms with Crippen LogP contribution in [0, 0.1) is 5.92 Å². The van der Waals surface area contributed by atoms with E-state index in [4.69, 9.17) is 5.11 Å². The molecule has 0 fully saturated rings. The maximum absolute atomic E-state index is 8.99. The summed E-state index contributed by atoms with van der Waals surface area (Å²) in [4.78, 5) is 3.96. The van der Waals surface area contributed by atoms with E-state index < -0.39 is 0 Å². The Morgan fingerprint density at radius 2 is 2.08 bits per heavy atom. The third-order valence-electron chi connectivity index (χ3n) is 2.43. The van der Waals surface area contributed by atoms with Crippen LogP contribution in [-0.2, 0) is 6.42 Å². The van der Waals surface area contributed by atoms with Crippen molar-refractivity contribution in [3.63, 3.8) is 0 Å². The average Bonchev–Trinajstić information content (AvgIpc) is 2.21. The van der Waals surface area contributed by atoms with E-state index in [1.165, 1.54) is 5.56 Å². The van der Waals surface area contributed by atoms with Crippen molar-refractivity contribution in [1.29, 1.82) is 0 Å². The van der Waals surface area contributed by atoms with Gasteiger partial charge < -0.3 is 5.11 Å². The molecule has 0 spiro atoms. The molecule has 0 amide bonds. The molecule has 0 radical (unpaired) electrons. The molecule has 0 unspecified atom stereocenters. The summed E-state index contributed by atoms with van der Waals surface area (Å²) in [5.74, 6) is 0.452. The number of pyridine rings is 1. The molecule has 72 valence electrons. The quantitative estimate of drug-likeness (QED) is 0.750. The maximum atomic E-state index is 8.99. The zero-order valence-electron chi connectivity index (χ0n) is 8.11. The van der Waals surface area contributed by atoms with Crippen LogP contribution >= 0.6 is 0 Å². The van der Waals surface area contributed by atoms with Crippen LogP contribution in [0.5, 0.6) is 0 Å². The van der Waals surface area contributed by atoms with Gasteiger partial charge in [0.15, 0.2) is 0 Å². The molecule has 1 heterocycles. The third-order valence-corrected chi connectivity index (χ3v) is 2.43. The van der Waals surface area contributed by atoms with E-state index in [0.29, 0.717) is 12.5 Å². The monoisotopic (exact) mass is 179 g/mol. The highest BCUT2D eigenvalue weighted by Gasteiger charge is 2.04. The molecule has 0 aliphatic carbocycles. The number of hydrogen-bond acceptors (Lipinski definition) is 2. The highest BCUT2D eigenvalue weighted by Crippen LogP contribution is 2.11. The van der Waals surface area contributed by atoms with Gasteiger partial charge in [0.2, 0.25) is 0 Å². The smallest absolute Gasteiger partial charge is 0.0459 e. The van der Waals surface area contributed by atoms with Gasteiger partial charge in [-0.2, -0.15) is 0 Å². The number of nitrogens with zero attached hydrogens (tertiary/aromatic N) is 1. The number of aliphatic hydroxyl groups is 1. The molecule has 0 bridgehead atoms. The molecular formula is C11H17NO. The first kappa shape index (κ1) is 10.2. The molecular weight excluding hydrogens is 162 g/mol. The molecule has 1 aromatic heterocycles. The SMILES string of the molecule is CC[C@@H](CO)CCc1ccncc1. The third kappa shape index (κ3) is 3.55. The van der Waals surface area contributed by atoms with E-state index in [2.05, 4.69) is 11.9 Å². The van der Waals surface area contributed by atoms with Crippen LogP contribution in [-0.4, -0.2) is 16.7 Å². The van der Waals surface area contributed by atoms with Crippen LogP contribution < -0.4 is 0 Å². The van der Waals surface area contributed by atoms with Gasteiger partial charge in [-0.15, -0.1) is 0 Å². The Balaban J connectivity index is 2.34. The Morgan fingerprint density at radius 3 is 2.62 bits per heavy atom. The lowest BCUT2D eigenvalue weighted by Gasteiger charge is -2.10. The minimum absolute atomic E-state index is 0.307. The summed E-state index contributed by atoms with van der Waals surface area (Å²) in [5.41, 5.74) is 1.31. The van der Waals surface area contributed by atoms with Crippen molar-refractivity contribution in [2.75, 3.05) is 6.61 Å². The molecule has 0 saturated carbocycles. The number of rotatable bonds is 5. The Labute approximate surface area is 79.6 Å². The Hall–Kier alpha value is -0.890. The van der Waals surface area contributed by atoms with Gasteiger partial charge in [-0.05, 0) is 36.5 Å². The second kappa shape index (κ2) is 5.70. The van der Waals surface area contributed by atoms with Crippen molar-refractivity contribution in [2.24, 2.45) is 5.92 Å². The fourth-order valence-corrected chi connectivity index (χ4v) is 1.34. The fraction of sp³-hybridized carbons (Fsp3) is 0.545. The number of hydrogen-bond donors (Lipinski definition) is 1. The lowest BCUT2D eigenvalue weighted by atomic mass is 9.99. The van der Waals surface area contributed by atoms with Crippen molar-refractivity contribution < 1.29 is 5.11 Å². The second-order valence-electron chi connectivity index (χ2n) is 3.35. The summed E-state index contributed by atoms with van der Waals surface area (Å²) in [6.45, 7) is 2.43. The van der Waals surface area contributed by atoms with Gasteiger partial charge in [0, 0.05) is 19.0 Å². The summed E-state index contributed by atoms with van der Waals surface area (Å²) in [6.07, 6.45) is 6.80. The molecule has 1 aromatic rings. The van der Waals surface area contributed by atoms with E-state index in [0.717, 1.165) is 19.3 Å². The molecule has 2 nitrogen and oxygen atoms in total. The topological polar surface area (TPSA) is 33.1 Å². The summed E-state index contributed by atoms with van der Waals surface area (Å²) < 4.78 is 0. The number of aromatic nitrogens is 1. The predicted molar refractivity (Wildman–Crippen MR) is 53.4 cm³/mol. The molecule has 0 saturated heterocycles. The van der Waals surface area contributed by atoms with Gasteiger partial charge in [0.1, 0.15) is 0 Å². The molecule has 1 rings (SSSR count). The molecule has 0 aliphatic heterocycles. The highest BCUT2D eigenvalue weighted by molar-refractivity contribution is 5.09. The van der Waals surface area contributed by atoms with E-state index >= 15 is 0 Å². The molecule has 0 aromatic carbocycles. The first-order valence-corrected chi connectivity index (χ1v) is 4.86. The molecule has 1 atom stereocenters. The predicted octanol–water partition coefficient (Wildman–Crippen LogP) is 2.03. The van der Waals surface area contributed by atoms with Gasteiger partial charge in [-0.25, -0.2) is 0 Å². The van der Waals surface area contributed by atoms with Crippen molar-refractivity contribution in [3.05, 3.63) is 30.1 Å². The van der Waals surface area contributed by atoms with Crippen LogP contribution in [0.15, 0.2) is 24.5 Å². The summed E-state index contributed by atoms with van der Waals surface area (Å²) >= 11 is 0. The molecule has 2 heteroatoms. The van der Waals surface area contributed by atoms with E-state index in [1.54, 1.807) is 0 Å². The van der Waals surface area contributed by atoms with E-state index in [9.17, 15) is 0 Å². The number of aryl methyl sites for hydroxylation is 1. The fourth-order valence-electron chi connectivity index (χ4n) is 1.34. The molecule has 13 heavy (non-hydrogen) atoms. The van der Waals surface area contributed by atoms with Crippen LogP contribution in [0.4, 0.5) is 0 Å². The first-order valence-electron chi connectivity index (χ1n) is 4.86. The van der Waals surface area contributed by atoms with Gasteiger partial charge >= 0.3 is 0 Å². The van der Waals surface area contributed by atoms with Crippen molar-refractivity contribution in [1.82, 2.24) is 4.98 Å². The molecule has 0 aliphatic rings. The number of aliphatic hydroxyl groups excluding tert-OH is 1. The summed E-state index contributed by atoms with van der Waals surface area (Å²) in [5, 5.41) is 8.99. The standard InChI is InChI=1S/C11H17NO/c1-2-10(9-13)3-4-11-5-7-12-8-6-11/h5-8,10,13H,2-4,9H2,1H3/t10-/m1/s1. The van der Waals surface area contributed by atoms with Crippen LogP contribution in [0.3, 0.4) is 0 Å². The largest absolute Gasteiger partial charge is 0.396 e. The second-order valence-corrected chi connectivity index (χ2v) is 3.35. The molecule has 1 N–H and O–H groups in total. The minimum Gasteiger partial charge on any atom is -0.396 e. The minimum atomic E-state index is 0.307. The Kier molecular flexibility index (Phi) is 4.47. The summed E-state index contributed by atoms with van der Waals surface area (Å²) in [7, 11) is 0. The van der Waals surface area contributed by atoms with E-state index in [-0.39, 0.29) is 0 Å². The average molecular weight is 179 g/mol. The van der Waals surface area contributed by atoms with Crippen molar-refractivity contribution >= 4 is 0 Å². The maximum Gasteiger partial charge on any atom is 0.0459 e. The normalized spacial score (nSPS) is 12.8. The van der Waals surface area contributed by atoms with E-state index in [1.807, 2.05) is 24.5 Å². The zero-order chi connectivity index (χ0) is 9.52. The van der Waals surface area contributed by atoms with Crippen LogP contribution in [0.25, 0.3) is 0 Å². The highest BCUT2D eigenvalue weighted by atomic mass is 16.3. The van der Waals surface area contributed by atoms with Crippen molar-refractivity contribution in [3.8, 4) is 0 Å². The van der Waals surface area contributed by atoms with Gasteiger partial charge in [0.05, 0.1) is 0 Å². The van der Waals surface area contributed by atoms with Gasteiger partial charge in [-0.1, -0.05) is 13.3 Å². The lowest BCUT2D eigenvalue weighted by molar-refractivity contribution is 0.215. The van der Waals surface area contributed by atoms with Gasteiger partial charge in [-0.3, -0.25) is 4.98 Å². The first-order chi connectivity index (χ1) is 6.36. The Morgan fingerprint density at radius 1 is 1.38 bits per heavy atom. The van der Waals surface area contributed by atoms with Crippen molar-refractivity contribution in [2.45, 2.75) is 26.2 Å². The van der Waals surface area contributed by atoms with Crippen LogP contribution in [0.1, 0.15) is 25.3 Å². The lowest BCUT2D eigenvalue weighted by Crippen LogP contribution is -2.05. The van der Waals surface area contributed by atoms with Gasteiger partial charge in [0.25, 0.3) is 0 Å².